The van der Waals surface area contributed by atoms with E-state index in [-0.39, 0.29) is 5.82 Å². The Morgan fingerprint density at radius 3 is 2.09 bits per heavy atom. The van der Waals surface area contributed by atoms with Crippen molar-refractivity contribution in [3.8, 4) is 0 Å². The largest absolute Gasteiger partial charge is 0.379 e. The van der Waals surface area contributed by atoms with Crippen LogP contribution < -0.4 is 14.7 Å². The number of benzene rings is 2. The molecule has 0 amide bonds. The molecule has 4 rings (SSSR count). The molecule has 2 heterocycles. The predicted molar refractivity (Wildman–Crippen MR) is 192 cm³/mol. The Morgan fingerprint density at radius 2 is 1.41 bits per heavy atom. The number of anilines is 3. The van der Waals surface area contributed by atoms with Crippen molar-refractivity contribution in [2.24, 2.45) is 5.92 Å². The number of rotatable bonds is 18. The molecule has 46 heavy (non-hydrogen) atoms. The lowest BCUT2D eigenvalue weighted by molar-refractivity contribution is 0.00243. The van der Waals surface area contributed by atoms with Crippen LogP contribution in [0, 0.1) is 11.7 Å². The average Bonchev–Trinajstić information content (AvgIpc) is 3.12. The molecule has 8 heteroatoms. The van der Waals surface area contributed by atoms with E-state index in [0.29, 0.717) is 39.0 Å². The first-order valence-corrected chi connectivity index (χ1v) is 17.4. The van der Waals surface area contributed by atoms with Crippen LogP contribution >= 0.6 is 0 Å². The van der Waals surface area contributed by atoms with Gasteiger partial charge in [0.05, 0.1) is 33.0 Å². The fourth-order valence-corrected chi connectivity index (χ4v) is 5.31. The fraction of sp³-hybridized carbons (Fsp3) is 0.553. The molecular formula is C38H59FN4O3. The van der Waals surface area contributed by atoms with Gasteiger partial charge in [-0.25, -0.2) is 9.37 Å². The molecule has 256 valence electrons. The third-order valence-electron chi connectivity index (χ3n) is 7.82. The molecule has 0 N–H and O–H groups in total. The van der Waals surface area contributed by atoms with Crippen LogP contribution in [0.15, 0.2) is 72.9 Å². The summed E-state index contributed by atoms with van der Waals surface area (Å²) in [5.74, 6) is 1.36. The summed E-state index contributed by atoms with van der Waals surface area (Å²) in [6.45, 7) is 21.4. The Hall–Kier alpha value is -3.20. The topological polar surface area (TPSA) is 50.3 Å². The smallest absolute Gasteiger partial charge is 0.130 e. The molecule has 2 aromatic carbocycles. The van der Waals surface area contributed by atoms with Crippen LogP contribution in [0.2, 0.25) is 0 Å². The second kappa shape index (κ2) is 24.0. The van der Waals surface area contributed by atoms with E-state index in [2.05, 4.69) is 57.8 Å². The van der Waals surface area contributed by atoms with E-state index in [0.717, 1.165) is 70.2 Å². The van der Waals surface area contributed by atoms with Crippen molar-refractivity contribution < 1.29 is 18.6 Å². The number of hydrogen-bond acceptors (Lipinski definition) is 7. The van der Waals surface area contributed by atoms with Gasteiger partial charge in [-0.05, 0) is 62.4 Å². The van der Waals surface area contributed by atoms with E-state index in [1.165, 1.54) is 17.3 Å². The number of pyridine rings is 1. The van der Waals surface area contributed by atoms with Crippen molar-refractivity contribution in [3.63, 3.8) is 0 Å². The van der Waals surface area contributed by atoms with Gasteiger partial charge >= 0.3 is 0 Å². The normalized spacial score (nSPS) is 12.9. The van der Waals surface area contributed by atoms with E-state index >= 15 is 0 Å². The number of aromatic nitrogens is 1. The van der Waals surface area contributed by atoms with Crippen LogP contribution in [-0.4, -0.2) is 77.3 Å². The molecule has 0 saturated carbocycles. The molecule has 0 unspecified atom stereocenters. The molecule has 0 radical (unpaired) electrons. The Bertz CT molecular complexity index is 1160. The summed E-state index contributed by atoms with van der Waals surface area (Å²) < 4.78 is 31.0. The van der Waals surface area contributed by atoms with Gasteiger partial charge in [0.15, 0.2) is 0 Å². The number of halogens is 1. The van der Waals surface area contributed by atoms with Crippen LogP contribution in [0.4, 0.5) is 21.6 Å². The highest BCUT2D eigenvalue weighted by atomic mass is 19.1. The van der Waals surface area contributed by atoms with Crippen molar-refractivity contribution in [1.29, 1.82) is 0 Å². The fourth-order valence-electron chi connectivity index (χ4n) is 5.31. The van der Waals surface area contributed by atoms with Crippen molar-refractivity contribution in [1.82, 2.24) is 4.98 Å². The van der Waals surface area contributed by atoms with Crippen molar-refractivity contribution in [2.75, 3.05) is 87.0 Å². The standard InChI is InChI=1S/C34H47FN4O3.2C2H6/c1-3-37(32-12-8-11-31(35)25-32)19-20-38(4-2)34-26-33(13-16-36-34)39-17-14-30(15-18-39)28-42-24-22-40-21-23-41-27-29-9-6-5-7-10-29;2*1-2/h5-13,16,25-26,30H,3-4,14-15,17-24,27-28H2,1-2H3;2*1-2H3. The number of piperidine rings is 1. The van der Waals surface area contributed by atoms with E-state index in [9.17, 15) is 4.39 Å². The minimum atomic E-state index is -0.201. The minimum Gasteiger partial charge on any atom is -0.379 e. The molecule has 7 nitrogen and oxygen atoms in total. The van der Waals surface area contributed by atoms with Gasteiger partial charge in [-0.1, -0.05) is 64.1 Å². The van der Waals surface area contributed by atoms with E-state index in [4.69, 9.17) is 14.2 Å². The first-order chi connectivity index (χ1) is 22.7. The van der Waals surface area contributed by atoms with Gasteiger partial charge in [0, 0.05) is 69.5 Å². The molecule has 1 aliphatic heterocycles. The molecule has 0 bridgehead atoms. The van der Waals surface area contributed by atoms with Crippen LogP contribution in [0.5, 0.6) is 0 Å². The summed E-state index contributed by atoms with van der Waals surface area (Å²) in [5, 5.41) is 0. The van der Waals surface area contributed by atoms with Crippen LogP contribution in [-0.2, 0) is 20.8 Å². The molecule has 0 atom stereocenters. The zero-order valence-corrected chi connectivity index (χ0v) is 29.3. The van der Waals surface area contributed by atoms with E-state index < -0.39 is 0 Å². The molecule has 1 aromatic heterocycles. The van der Waals surface area contributed by atoms with E-state index in [1.807, 2.05) is 58.2 Å². The SMILES string of the molecule is CC.CC.CCN(CCN(CC)c1cc(N2CCC(COCCOCCOCc3ccccc3)CC2)ccn1)c1cccc(F)c1. The summed E-state index contributed by atoms with van der Waals surface area (Å²) >= 11 is 0. The van der Waals surface area contributed by atoms with Gasteiger partial charge in [0.1, 0.15) is 11.6 Å². The predicted octanol–water partition coefficient (Wildman–Crippen LogP) is 8.09. The zero-order valence-electron chi connectivity index (χ0n) is 29.3. The summed E-state index contributed by atoms with van der Waals surface area (Å²) in [7, 11) is 0. The summed E-state index contributed by atoms with van der Waals surface area (Å²) in [5.41, 5.74) is 3.31. The number of ether oxygens (including phenoxy) is 3. The van der Waals surface area contributed by atoms with Crippen molar-refractivity contribution in [3.05, 3.63) is 84.3 Å². The minimum absolute atomic E-state index is 0.201. The first kappa shape index (κ1) is 39.0. The van der Waals surface area contributed by atoms with Gasteiger partial charge in [-0.15, -0.1) is 0 Å². The quantitative estimate of drug-likeness (QED) is 0.131. The summed E-state index contributed by atoms with van der Waals surface area (Å²) in [6.07, 6.45) is 4.14. The van der Waals surface area contributed by atoms with Gasteiger partial charge in [-0.3, -0.25) is 0 Å². The van der Waals surface area contributed by atoms with Crippen molar-refractivity contribution >= 4 is 17.2 Å². The highest BCUT2D eigenvalue weighted by Gasteiger charge is 2.20. The molecule has 1 saturated heterocycles. The highest BCUT2D eigenvalue weighted by molar-refractivity contribution is 5.55. The Labute approximate surface area is 278 Å². The zero-order chi connectivity index (χ0) is 33.4. The maximum absolute atomic E-state index is 13.8. The average molecular weight is 639 g/mol. The lowest BCUT2D eigenvalue weighted by Crippen LogP contribution is -2.37. The number of nitrogens with zero attached hydrogens (tertiary/aromatic N) is 4. The third-order valence-corrected chi connectivity index (χ3v) is 7.82. The maximum Gasteiger partial charge on any atom is 0.130 e. The van der Waals surface area contributed by atoms with Crippen molar-refractivity contribution in [2.45, 2.75) is 61.0 Å². The van der Waals surface area contributed by atoms with Gasteiger partial charge in [0.2, 0.25) is 0 Å². The lowest BCUT2D eigenvalue weighted by atomic mass is 9.97. The monoisotopic (exact) mass is 638 g/mol. The molecule has 3 aromatic rings. The number of hydrogen-bond donors (Lipinski definition) is 0. The van der Waals surface area contributed by atoms with Crippen LogP contribution in [0.25, 0.3) is 0 Å². The molecule has 0 aliphatic carbocycles. The second-order valence-corrected chi connectivity index (χ2v) is 10.7. The van der Waals surface area contributed by atoms with Gasteiger partial charge in [-0.2, -0.15) is 0 Å². The Morgan fingerprint density at radius 1 is 0.761 bits per heavy atom. The molecule has 1 fully saturated rings. The van der Waals surface area contributed by atoms with Gasteiger partial charge < -0.3 is 28.9 Å². The molecule has 0 spiro atoms. The molecular weight excluding hydrogens is 579 g/mol. The van der Waals surface area contributed by atoms with Gasteiger partial charge in [0.25, 0.3) is 0 Å². The lowest BCUT2D eigenvalue weighted by Gasteiger charge is -2.34. The second-order valence-electron chi connectivity index (χ2n) is 10.7. The highest BCUT2D eigenvalue weighted by Crippen LogP contribution is 2.26. The van der Waals surface area contributed by atoms with E-state index in [1.54, 1.807) is 12.1 Å². The number of likely N-dealkylation sites (N-methyl/N-ethyl adjacent to an activating group) is 2. The summed E-state index contributed by atoms with van der Waals surface area (Å²) in [4.78, 5) is 11.6. The molecule has 1 aliphatic rings. The Balaban J connectivity index is 0.00000177. The summed E-state index contributed by atoms with van der Waals surface area (Å²) in [6, 6.07) is 21.3. The van der Waals surface area contributed by atoms with Crippen LogP contribution in [0.3, 0.4) is 0 Å². The van der Waals surface area contributed by atoms with Crippen LogP contribution in [0.1, 0.15) is 59.9 Å². The maximum atomic E-state index is 13.8. The Kier molecular flexibility index (Phi) is 20.4. The third kappa shape index (κ3) is 14.1. The first-order valence-electron chi connectivity index (χ1n) is 17.4.